The molecule has 0 aliphatic heterocycles. The molecule has 0 aliphatic carbocycles. The molecule has 0 radical (unpaired) electrons. The molecule has 4 aromatic rings. The second-order valence-electron chi connectivity index (χ2n) is 9.12. The molecule has 0 aliphatic rings. The lowest BCUT2D eigenvalue weighted by molar-refractivity contribution is -0.139. The number of carboxylic acids is 1. The number of carbonyl (C=O) groups excluding carboxylic acids is 1. The maximum atomic E-state index is 12.7. The van der Waals surface area contributed by atoms with Gasteiger partial charge in [0.1, 0.15) is 22.8 Å². The summed E-state index contributed by atoms with van der Waals surface area (Å²) in [5, 5.41) is 20.5. The Kier molecular flexibility index (Phi) is 10.8. The number of phenolic OH excluding ortho intramolecular Hbond substituents is 1. The number of aryl methyl sites for hydroxylation is 1. The molecule has 218 valence electrons. The lowest BCUT2D eigenvalue weighted by atomic mass is 10.2. The molecule has 2 heterocycles. The fourth-order valence-corrected chi connectivity index (χ4v) is 3.95. The molecular weight excluding hydrogens is 532 g/mol. The highest BCUT2D eigenvalue weighted by Crippen LogP contribution is 2.22. The van der Waals surface area contributed by atoms with Crippen molar-refractivity contribution in [2.45, 2.75) is 46.3 Å². The SMILES string of the molecule is CCCn1c(=O)c2[nH]c(-c3ccc(OCC(=O)O)cc3)nc2n(CCC)c1=O.NC(=O)CNCc1ccc(O)cc1. The number of fused-ring (bicyclic) bond motifs is 1. The van der Waals surface area contributed by atoms with Crippen LogP contribution in [-0.4, -0.2) is 54.3 Å². The topological polar surface area (TPSA) is 195 Å². The van der Waals surface area contributed by atoms with Gasteiger partial charge in [0.15, 0.2) is 12.3 Å². The molecule has 0 saturated carbocycles. The van der Waals surface area contributed by atoms with E-state index in [0.717, 1.165) is 12.0 Å². The Morgan fingerprint density at radius 3 is 2.22 bits per heavy atom. The lowest BCUT2D eigenvalue weighted by Gasteiger charge is -2.09. The highest BCUT2D eigenvalue weighted by atomic mass is 16.5. The smallest absolute Gasteiger partial charge is 0.341 e. The van der Waals surface area contributed by atoms with Crippen molar-refractivity contribution in [2.24, 2.45) is 5.73 Å². The zero-order chi connectivity index (χ0) is 29.9. The van der Waals surface area contributed by atoms with E-state index in [1.807, 2.05) is 13.8 Å². The number of H-pyrrole nitrogens is 1. The number of nitrogens with zero attached hydrogens (tertiary/aromatic N) is 3. The number of benzene rings is 2. The maximum absolute atomic E-state index is 12.7. The van der Waals surface area contributed by atoms with Gasteiger partial charge in [0.05, 0.1) is 6.54 Å². The number of imidazole rings is 1. The summed E-state index contributed by atoms with van der Waals surface area (Å²) < 4.78 is 7.88. The van der Waals surface area contributed by atoms with Crippen molar-refractivity contribution in [1.82, 2.24) is 24.4 Å². The first-order valence-electron chi connectivity index (χ1n) is 13.1. The molecule has 2 aromatic carbocycles. The predicted molar refractivity (Wildman–Crippen MR) is 153 cm³/mol. The fraction of sp³-hybridized carbons (Fsp3) is 0.321. The first kappa shape index (κ1) is 30.6. The van der Waals surface area contributed by atoms with Crippen LogP contribution in [0.25, 0.3) is 22.6 Å². The number of hydrogen-bond acceptors (Lipinski definition) is 8. The monoisotopic (exact) mass is 566 g/mol. The van der Waals surface area contributed by atoms with E-state index in [4.69, 9.17) is 20.7 Å². The third-order valence-electron chi connectivity index (χ3n) is 5.81. The van der Waals surface area contributed by atoms with Crippen LogP contribution in [0.1, 0.15) is 32.3 Å². The summed E-state index contributed by atoms with van der Waals surface area (Å²) in [6, 6.07) is 13.4. The van der Waals surface area contributed by atoms with E-state index in [-0.39, 0.29) is 29.5 Å². The first-order chi connectivity index (χ1) is 19.6. The normalized spacial score (nSPS) is 10.7. The summed E-state index contributed by atoms with van der Waals surface area (Å²) in [6.45, 7) is 4.99. The zero-order valence-electron chi connectivity index (χ0n) is 22.9. The molecule has 1 amide bonds. The number of aromatic hydroxyl groups is 1. The average molecular weight is 567 g/mol. The van der Waals surface area contributed by atoms with Crippen LogP contribution < -0.4 is 27.0 Å². The van der Waals surface area contributed by atoms with Crippen LogP contribution in [0, 0.1) is 0 Å². The minimum absolute atomic E-state index is 0.168. The minimum Gasteiger partial charge on any atom is -0.508 e. The summed E-state index contributed by atoms with van der Waals surface area (Å²) in [4.78, 5) is 53.9. The molecule has 41 heavy (non-hydrogen) atoms. The number of amides is 1. The highest BCUT2D eigenvalue weighted by Gasteiger charge is 2.17. The van der Waals surface area contributed by atoms with Crippen molar-refractivity contribution in [3.63, 3.8) is 0 Å². The largest absolute Gasteiger partial charge is 0.508 e. The molecule has 0 atom stereocenters. The fourth-order valence-electron chi connectivity index (χ4n) is 3.95. The first-order valence-corrected chi connectivity index (χ1v) is 13.1. The third-order valence-corrected chi connectivity index (χ3v) is 5.81. The van der Waals surface area contributed by atoms with Crippen LogP contribution in [-0.2, 0) is 29.2 Å². The highest BCUT2D eigenvalue weighted by molar-refractivity contribution is 5.76. The molecule has 6 N–H and O–H groups in total. The molecule has 0 unspecified atom stereocenters. The summed E-state index contributed by atoms with van der Waals surface area (Å²) in [6.07, 6.45) is 1.41. The van der Waals surface area contributed by atoms with Gasteiger partial charge < -0.3 is 31.0 Å². The number of carboxylic acid groups (broad SMARTS) is 1. The van der Waals surface area contributed by atoms with Crippen molar-refractivity contribution in [1.29, 1.82) is 0 Å². The molecular formula is C28H34N6O7. The number of aromatic nitrogens is 4. The predicted octanol–water partition coefficient (Wildman–Crippen LogP) is 1.80. The van der Waals surface area contributed by atoms with E-state index < -0.39 is 12.6 Å². The number of carbonyl (C=O) groups is 2. The number of nitrogens with two attached hydrogens (primary N) is 1. The summed E-state index contributed by atoms with van der Waals surface area (Å²) in [5.41, 5.74) is 6.53. The van der Waals surface area contributed by atoms with Crippen molar-refractivity contribution in [2.75, 3.05) is 13.2 Å². The van der Waals surface area contributed by atoms with Gasteiger partial charge in [-0.15, -0.1) is 0 Å². The third kappa shape index (κ3) is 8.29. The Morgan fingerprint density at radius 1 is 1.00 bits per heavy atom. The Labute approximate surface area is 235 Å². The van der Waals surface area contributed by atoms with Crippen LogP contribution in [0.3, 0.4) is 0 Å². The van der Waals surface area contributed by atoms with Gasteiger partial charge in [-0.3, -0.25) is 18.7 Å². The zero-order valence-corrected chi connectivity index (χ0v) is 22.9. The molecule has 0 fully saturated rings. The average Bonchev–Trinajstić information content (AvgIpc) is 3.39. The Hall–Kier alpha value is -4.91. The second-order valence-corrected chi connectivity index (χ2v) is 9.12. The molecule has 0 saturated heterocycles. The summed E-state index contributed by atoms with van der Waals surface area (Å²) in [5.74, 6) is -0.332. The van der Waals surface area contributed by atoms with Gasteiger partial charge in [0, 0.05) is 25.2 Å². The van der Waals surface area contributed by atoms with Crippen LogP contribution in [0.4, 0.5) is 0 Å². The molecule has 13 nitrogen and oxygen atoms in total. The van der Waals surface area contributed by atoms with Crippen molar-refractivity contribution in [3.05, 3.63) is 74.9 Å². The van der Waals surface area contributed by atoms with Crippen LogP contribution in [0.15, 0.2) is 58.1 Å². The van der Waals surface area contributed by atoms with E-state index >= 15 is 0 Å². The van der Waals surface area contributed by atoms with E-state index in [1.54, 1.807) is 48.5 Å². The molecule has 2 aromatic heterocycles. The molecule has 0 spiro atoms. The van der Waals surface area contributed by atoms with Crippen molar-refractivity contribution >= 4 is 23.0 Å². The summed E-state index contributed by atoms with van der Waals surface area (Å²) >= 11 is 0. The number of nitrogens with one attached hydrogen (secondary N) is 2. The van der Waals surface area contributed by atoms with E-state index in [2.05, 4.69) is 15.3 Å². The molecule has 4 rings (SSSR count). The van der Waals surface area contributed by atoms with Crippen LogP contribution in [0.5, 0.6) is 11.5 Å². The Bertz CT molecular complexity index is 1590. The van der Waals surface area contributed by atoms with Gasteiger partial charge >= 0.3 is 11.7 Å². The van der Waals surface area contributed by atoms with Crippen LogP contribution >= 0.6 is 0 Å². The van der Waals surface area contributed by atoms with E-state index in [1.165, 1.54) is 9.13 Å². The van der Waals surface area contributed by atoms with Gasteiger partial charge in [-0.1, -0.05) is 26.0 Å². The van der Waals surface area contributed by atoms with Gasteiger partial charge in [-0.25, -0.2) is 14.6 Å². The Balaban J connectivity index is 0.000000298. The second kappa shape index (κ2) is 14.5. The number of ether oxygens (including phenoxy) is 1. The van der Waals surface area contributed by atoms with E-state index in [0.29, 0.717) is 54.4 Å². The summed E-state index contributed by atoms with van der Waals surface area (Å²) in [7, 11) is 0. The quantitative estimate of drug-likeness (QED) is 0.170. The molecule has 13 heteroatoms. The van der Waals surface area contributed by atoms with Crippen molar-refractivity contribution in [3.8, 4) is 22.9 Å². The van der Waals surface area contributed by atoms with Gasteiger partial charge in [-0.2, -0.15) is 0 Å². The van der Waals surface area contributed by atoms with Gasteiger partial charge in [0.2, 0.25) is 5.91 Å². The number of primary amides is 1. The minimum atomic E-state index is -1.06. The number of hydrogen-bond donors (Lipinski definition) is 5. The Morgan fingerprint density at radius 2 is 1.63 bits per heavy atom. The standard InChI is InChI=1S/C19H22N4O5.C9H12N2O2/c1-3-9-22-17-15(18(26)23(10-4-2)19(22)27)20-16(21-17)12-5-7-13(8-6-12)28-11-14(24)25;10-9(13)6-11-5-7-1-3-8(12)4-2-7/h5-8H,3-4,9-11H2,1-2H3,(H,20,21)(H,24,25);1-4,11-12H,5-6H2,(H2,10,13). The van der Waals surface area contributed by atoms with Gasteiger partial charge in [0.25, 0.3) is 5.56 Å². The van der Waals surface area contributed by atoms with E-state index in [9.17, 15) is 19.2 Å². The van der Waals surface area contributed by atoms with Gasteiger partial charge in [-0.05, 0) is 54.8 Å². The number of rotatable bonds is 12. The van der Waals surface area contributed by atoms with Crippen LogP contribution in [0.2, 0.25) is 0 Å². The molecule has 0 bridgehead atoms. The maximum Gasteiger partial charge on any atom is 0.341 e. The number of aromatic amines is 1. The number of phenols is 1. The lowest BCUT2D eigenvalue weighted by Crippen LogP contribution is -2.40. The number of aliphatic carboxylic acids is 1. The van der Waals surface area contributed by atoms with Crippen molar-refractivity contribution < 1.29 is 24.5 Å².